The second kappa shape index (κ2) is 6.63. The molecule has 3 aromatic rings. The number of nitrogens with one attached hydrogen (secondary N) is 2. The zero-order valence-electron chi connectivity index (χ0n) is 14.0. The van der Waals surface area contributed by atoms with Crippen molar-refractivity contribution in [3.63, 3.8) is 0 Å². The van der Waals surface area contributed by atoms with Gasteiger partial charge in [0.25, 0.3) is 0 Å². The summed E-state index contributed by atoms with van der Waals surface area (Å²) < 4.78 is 39.0. The van der Waals surface area contributed by atoms with E-state index >= 15 is 0 Å². The molecule has 6 nitrogen and oxygen atoms in total. The molecule has 0 amide bonds. The number of aromatic amines is 1. The van der Waals surface area contributed by atoms with Crippen LogP contribution < -0.4 is 5.32 Å². The van der Waals surface area contributed by atoms with Crippen LogP contribution in [0, 0.1) is 11.3 Å². The molecule has 0 saturated carbocycles. The van der Waals surface area contributed by atoms with Gasteiger partial charge in [-0.3, -0.25) is 0 Å². The highest BCUT2D eigenvalue weighted by Crippen LogP contribution is 2.34. The molecule has 1 unspecified atom stereocenters. The Balaban J connectivity index is 2.16. The van der Waals surface area contributed by atoms with Gasteiger partial charge in [0.1, 0.15) is 11.7 Å². The second-order valence-corrected chi connectivity index (χ2v) is 5.84. The monoisotopic (exact) mass is 360 g/mol. The molecule has 9 heteroatoms. The van der Waals surface area contributed by atoms with Crippen molar-refractivity contribution in [3.05, 3.63) is 35.8 Å². The lowest BCUT2D eigenvalue weighted by molar-refractivity contribution is -0.137. The van der Waals surface area contributed by atoms with Crippen molar-refractivity contribution in [2.24, 2.45) is 0 Å². The van der Waals surface area contributed by atoms with Crippen LogP contribution in [0.25, 0.3) is 22.3 Å². The highest BCUT2D eigenvalue weighted by atomic mass is 19.4. The third-order valence-electron chi connectivity index (χ3n) is 4.01. The average molecular weight is 360 g/mol. The Bertz CT molecular complexity index is 986. The van der Waals surface area contributed by atoms with E-state index in [1.165, 1.54) is 12.4 Å². The number of aromatic nitrogens is 4. The second-order valence-electron chi connectivity index (χ2n) is 5.84. The molecular formula is C17H15F3N6. The minimum absolute atomic E-state index is 0.109. The van der Waals surface area contributed by atoms with Crippen molar-refractivity contribution in [2.45, 2.75) is 32.5 Å². The lowest BCUT2D eigenvalue weighted by atomic mass is 10.1. The average Bonchev–Trinajstić information content (AvgIpc) is 3.03. The minimum atomic E-state index is -4.51. The molecule has 1 atom stereocenters. The zero-order valence-corrected chi connectivity index (χ0v) is 14.0. The van der Waals surface area contributed by atoms with Crippen LogP contribution in [0.5, 0.6) is 0 Å². The Morgan fingerprint density at radius 3 is 2.73 bits per heavy atom. The molecule has 0 fully saturated rings. The van der Waals surface area contributed by atoms with Gasteiger partial charge >= 0.3 is 6.18 Å². The molecule has 0 aliphatic heterocycles. The van der Waals surface area contributed by atoms with Gasteiger partial charge in [0, 0.05) is 29.4 Å². The van der Waals surface area contributed by atoms with E-state index in [1.807, 2.05) is 19.9 Å². The topological polar surface area (TPSA) is 90.3 Å². The molecule has 134 valence electrons. The van der Waals surface area contributed by atoms with E-state index in [-0.39, 0.29) is 28.3 Å². The molecular weight excluding hydrogens is 345 g/mol. The van der Waals surface area contributed by atoms with Crippen LogP contribution in [0.15, 0.2) is 24.7 Å². The first-order valence-electron chi connectivity index (χ1n) is 7.91. The van der Waals surface area contributed by atoms with Crippen molar-refractivity contribution in [3.8, 4) is 17.3 Å². The number of rotatable bonds is 4. The predicted octanol–water partition coefficient (Wildman–Crippen LogP) is 4.12. The summed E-state index contributed by atoms with van der Waals surface area (Å²) in [6, 6.07) is 3.09. The van der Waals surface area contributed by atoms with Gasteiger partial charge in [-0.1, -0.05) is 6.92 Å². The van der Waals surface area contributed by atoms with Crippen molar-refractivity contribution in [1.82, 2.24) is 19.9 Å². The SMILES string of the molecule is CCC(C)Nc1ncc(C#N)c(-c2c[nH]c3ncc(C(F)(F)F)cc23)n1. The lowest BCUT2D eigenvalue weighted by Crippen LogP contribution is -2.16. The van der Waals surface area contributed by atoms with E-state index in [0.717, 1.165) is 18.7 Å². The van der Waals surface area contributed by atoms with Gasteiger partial charge in [0.15, 0.2) is 0 Å². The molecule has 0 saturated heterocycles. The third kappa shape index (κ3) is 3.31. The Morgan fingerprint density at radius 1 is 1.31 bits per heavy atom. The van der Waals surface area contributed by atoms with Gasteiger partial charge in [0.05, 0.1) is 23.0 Å². The van der Waals surface area contributed by atoms with Crippen molar-refractivity contribution < 1.29 is 13.2 Å². The van der Waals surface area contributed by atoms with Crippen LogP contribution in [0.4, 0.5) is 19.1 Å². The Morgan fingerprint density at radius 2 is 2.08 bits per heavy atom. The van der Waals surface area contributed by atoms with Crippen LogP contribution in [-0.4, -0.2) is 26.0 Å². The van der Waals surface area contributed by atoms with E-state index in [4.69, 9.17) is 0 Å². The largest absolute Gasteiger partial charge is 0.417 e. The summed E-state index contributed by atoms with van der Waals surface area (Å²) in [5.41, 5.74) is 0.201. The molecule has 26 heavy (non-hydrogen) atoms. The number of alkyl halides is 3. The molecule has 3 heterocycles. The van der Waals surface area contributed by atoms with E-state index < -0.39 is 11.7 Å². The summed E-state index contributed by atoms with van der Waals surface area (Å²) in [5, 5.41) is 12.7. The standard InChI is InChI=1S/C17H15F3N6/c1-3-9(2)25-16-24-6-10(5-21)14(26-16)13-8-23-15-12(13)4-11(7-22-15)17(18,19)20/h4,6-9H,3H2,1-2H3,(H,22,23)(H,24,25,26). The van der Waals surface area contributed by atoms with Crippen LogP contribution >= 0.6 is 0 Å². The lowest BCUT2D eigenvalue weighted by Gasteiger charge is -2.12. The van der Waals surface area contributed by atoms with E-state index in [2.05, 4.69) is 25.3 Å². The first-order chi connectivity index (χ1) is 12.3. The fourth-order valence-electron chi connectivity index (χ4n) is 2.42. The first-order valence-corrected chi connectivity index (χ1v) is 7.91. The van der Waals surface area contributed by atoms with Gasteiger partial charge in [-0.15, -0.1) is 0 Å². The molecule has 0 spiro atoms. The van der Waals surface area contributed by atoms with E-state index in [9.17, 15) is 18.4 Å². The smallest absolute Gasteiger partial charge is 0.352 e. The van der Waals surface area contributed by atoms with E-state index in [0.29, 0.717) is 11.5 Å². The number of hydrogen-bond acceptors (Lipinski definition) is 5. The van der Waals surface area contributed by atoms with Gasteiger partial charge in [-0.25, -0.2) is 15.0 Å². The van der Waals surface area contributed by atoms with Gasteiger partial charge < -0.3 is 10.3 Å². The summed E-state index contributed by atoms with van der Waals surface area (Å²) in [7, 11) is 0. The number of halogens is 3. The van der Waals surface area contributed by atoms with E-state index in [1.54, 1.807) is 0 Å². The molecule has 2 N–H and O–H groups in total. The normalized spacial score (nSPS) is 12.8. The van der Waals surface area contributed by atoms with Gasteiger partial charge in [-0.2, -0.15) is 18.4 Å². The summed E-state index contributed by atoms with van der Waals surface area (Å²) in [5.74, 6) is 0.308. The van der Waals surface area contributed by atoms with Crippen molar-refractivity contribution in [2.75, 3.05) is 5.32 Å². The summed E-state index contributed by atoms with van der Waals surface area (Å²) in [6.07, 6.45) is -0.0575. The summed E-state index contributed by atoms with van der Waals surface area (Å²) in [6.45, 7) is 3.94. The number of fused-ring (bicyclic) bond motifs is 1. The van der Waals surface area contributed by atoms with Crippen molar-refractivity contribution in [1.29, 1.82) is 5.26 Å². The fraction of sp³-hybridized carbons (Fsp3) is 0.294. The zero-order chi connectivity index (χ0) is 18.9. The highest BCUT2D eigenvalue weighted by Gasteiger charge is 2.31. The maximum atomic E-state index is 13.0. The number of hydrogen-bond donors (Lipinski definition) is 2. The van der Waals surface area contributed by atoms with Gasteiger partial charge in [-0.05, 0) is 19.4 Å². The molecule has 0 aromatic carbocycles. The predicted molar refractivity (Wildman–Crippen MR) is 90.2 cm³/mol. The maximum absolute atomic E-state index is 13.0. The number of nitrogens with zero attached hydrogens (tertiary/aromatic N) is 4. The number of pyridine rings is 1. The summed E-state index contributed by atoms with van der Waals surface area (Å²) in [4.78, 5) is 15.1. The molecule has 0 bridgehead atoms. The highest BCUT2D eigenvalue weighted by molar-refractivity contribution is 5.94. The third-order valence-corrected chi connectivity index (χ3v) is 4.01. The van der Waals surface area contributed by atoms with Crippen LogP contribution in [0.2, 0.25) is 0 Å². The van der Waals surface area contributed by atoms with Gasteiger partial charge in [0.2, 0.25) is 5.95 Å². The first kappa shape index (κ1) is 17.7. The van der Waals surface area contributed by atoms with Crippen LogP contribution in [0.1, 0.15) is 31.4 Å². The van der Waals surface area contributed by atoms with Crippen LogP contribution in [-0.2, 0) is 6.18 Å². The summed E-state index contributed by atoms with van der Waals surface area (Å²) >= 11 is 0. The Kier molecular flexibility index (Phi) is 4.50. The quantitative estimate of drug-likeness (QED) is 0.730. The molecule has 0 aliphatic carbocycles. The molecule has 0 aliphatic rings. The molecule has 3 rings (SSSR count). The fourth-order valence-corrected chi connectivity index (χ4v) is 2.42. The number of H-pyrrole nitrogens is 1. The molecule has 0 radical (unpaired) electrons. The number of anilines is 1. The maximum Gasteiger partial charge on any atom is 0.417 e. The van der Waals surface area contributed by atoms with Crippen LogP contribution in [0.3, 0.4) is 0 Å². The Labute approximate surface area is 147 Å². The Hall–Kier alpha value is -3.15. The van der Waals surface area contributed by atoms with Crippen molar-refractivity contribution >= 4 is 17.0 Å². The minimum Gasteiger partial charge on any atom is -0.352 e. The molecule has 3 aromatic heterocycles. The number of nitriles is 1.